The van der Waals surface area contributed by atoms with Crippen LogP contribution in [0, 0.1) is 24.7 Å². The van der Waals surface area contributed by atoms with E-state index in [9.17, 15) is 0 Å². The lowest BCUT2D eigenvalue weighted by atomic mass is 10.1. The van der Waals surface area contributed by atoms with E-state index in [0.717, 1.165) is 48.5 Å². The Morgan fingerprint density at radius 2 is 2.21 bits per heavy atom. The molecule has 124 valence electrons. The zero-order valence-electron chi connectivity index (χ0n) is 14.0. The molecule has 0 N–H and O–H groups in total. The number of pyridine rings is 1. The number of aromatic nitrogens is 4. The van der Waals surface area contributed by atoms with E-state index in [1.165, 1.54) is 19.3 Å². The molecule has 0 bridgehead atoms. The standard InChI is InChI=1S/C19H22N4O/c1-14-10-16(8-7-15-5-6-15)11-20-19(14)18-13-23(22-21-18)12-17-4-2-3-9-24-17/h10-11,13,15,17H,2-6,9,12H2,1H3/t17-/m0/s1. The van der Waals surface area contributed by atoms with Gasteiger partial charge in [0.15, 0.2) is 0 Å². The van der Waals surface area contributed by atoms with Crippen LogP contribution in [0.5, 0.6) is 0 Å². The number of nitrogens with zero attached hydrogens (tertiary/aromatic N) is 4. The Morgan fingerprint density at radius 1 is 1.29 bits per heavy atom. The van der Waals surface area contributed by atoms with Gasteiger partial charge in [-0.2, -0.15) is 0 Å². The van der Waals surface area contributed by atoms with Gasteiger partial charge in [-0.05, 0) is 50.7 Å². The van der Waals surface area contributed by atoms with Crippen LogP contribution in [0.3, 0.4) is 0 Å². The molecule has 2 aliphatic rings. The number of hydrogen-bond acceptors (Lipinski definition) is 4. The molecule has 0 spiro atoms. The highest BCUT2D eigenvalue weighted by Gasteiger charge is 2.18. The van der Waals surface area contributed by atoms with Crippen molar-refractivity contribution in [3.63, 3.8) is 0 Å². The second-order valence-electron chi connectivity index (χ2n) is 6.75. The minimum absolute atomic E-state index is 0.252. The van der Waals surface area contributed by atoms with Crippen molar-refractivity contribution in [1.82, 2.24) is 20.0 Å². The summed E-state index contributed by atoms with van der Waals surface area (Å²) in [6, 6.07) is 2.08. The van der Waals surface area contributed by atoms with Crippen molar-refractivity contribution in [2.24, 2.45) is 5.92 Å². The summed E-state index contributed by atoms with van der Waals surface area (Å²) in [5.74, 6) is 7.09. The van der Waals surface area contributed by atoms with Crippen LogP contribution in [-0.4, -0.2) is 32.7 Å². The van der Waals surface area contributed by atoms with E-state index in [-0.39, 0.29) is 6.10 Å². The molecule has 0 unspecified atom stereocenters. The zero-order chi connectivity index (χ0) is 16.4. The fourth-order valence-corrected chi connectivity index (χ4v) is 2.98. The molecule has 2 aromatic heterocycles. The highest BCUT2D eigenvalue weighted by atomic mass is 16.5. The third-order valence-electron chi connectivity index (χ3n) is 4.52. The van der Waals surface area contributed by atoms with Gasteiger partial charge in [-0.25, -0.2) is 4.68 Å². The second-order valence-corrected chi connectivity index (χ2v) is 6.75. The molecular weight excluding hydrogens is 300 g/mol. The average molecular weight is 322 g/mol. The first-order valence-corrected chi connectivity index (χ1v) is 8.78. The minimum Gasteiger partial charge on any atom is -0.376 e. The molecule has 0 amide bonds. The average Bonchev–Trinajstić information content (AvgIpc) is 3.32. The van der Waals surface area contributed by atoms with Gasteiger partial charge < -0.3 is 4.74 Å². The lowest BCUT2D eigenvalue weighted by molar-refractivity contribution is 0.00370. The largest absolute Gasteiger partial charge is 0.376 e. The Morgan fingerprint density at radius 3 is 2.96 bits per heavy atom. The molecule has 3 heterocycles. The maximum Gasteiger partial charge on any atom is 0.131 e. The number of rotatable bonds is 3. The predicted octanol–water partition coefficient (Wildman–Crippen LogP) is 2.98. The van der Waals surface area contributed by atoms with E-state index >= 15 is 0 Å². The first-order chi connectivity index (χ1) is 11.8. The summed E-state index contributed by atoms with van der Waals surface area (Å²) < 4.78 is 7.64. The van der Waals surface area contributed by atoms with E-state index in [0.29, 0.717) is 5.92 Å². The van der Waals surface area contributed by atoms with Gasteiger partial charge in [0.25, 0.3) is 0 Å². The molecule has 24 heavy (non-hydrogen) atoms. The first kappa shape index (κ1) is 15.3. The van der Waals surface area contributed by atoms with Crippen molar-refractivity contribution in [3.8, 4) is 23.2 Å². The summed E-state index contributed by atoms with van der Waals surface area (Å²) in [5.41, 5.74) is 3.75. The molecule has 0 aromatic carbocycles. The van der Waals surface area contributed by atoms with E-state index in [1.807, 2.05) is 24.0 Å². The van der Waals surface area contributed by atoms with Crippen LogP contribution in [0.2, 0.25) is 0 Å². The minimum atomic E-state index is 0.252. The Hall–Kier alpha value is -2.19. The normalized spacial score (nSPS) is 20.5. The molecule has 2 aromatic rings. The van der Waals surface area contributed by atoms with E-state index in [4.69, 9.17) is 4.74 Å². The summed E-state index contributed by atoms with van der Waals surface area (Å²) in [6.07, 6.45) is 10.0. The first-order valence-electron chi connectivity index (χ1n) is 8.78. The van der Waals surface area contributed by atoms with Crippen LogP contribution in [0.15, 0.2) is 18.5 Å². The molecule has 5 nitrogen and oxygen atoms in total. The molecule has 4 rings (SSSR count). The monoisotopic (exact) mass is 322 g/mol. The quantitative estimate of drug-likeness (QED) is 0.815. The Labute approximate surface area is 142 Å². The Bertz CT molecular complexity index is 776. The van der Waals surface area contributed by atoms with Gasteiger partial charge in [0.05, 0.1) is 24.5 Å². The molecule has 5 heteroatoms. The number of aryl methyl sites for hydroxylation is 1. The van der Waals surface area contributed by atoms with Crippen LogP contribution in [0.4, 0.5) is 0 Å². The topological polar surface area (TPSA) is 52.8 Å². The van der Waals surface area contributed by atoms with Gasteiger partial charge >= 0.3 is 0 Å². The molecule has 1 saturated carbocycles. The van der Waals surface area contributed by atoms with Gasteiger partial charge in [0, 0.05) is 24.3 Å². The van der Waals surface area contributed by atoms with Crippen LogP contribution < -0.4 is 0 Å². The molecule has 0 radical (unpaired) electrons. The maximum atomic E-state index is 5.77. The smallest absolute Gasteiger partial charge is 0.131 e. The van der Waals surface area contributed by atoms with Crippen molar-refractivity contribution in [2.45, 2.75) is 51.7 Å². The van der Waals surface area contributed by atoms with Crippen LogP contribution in [-0.2, 0) is 11.3 Å². The summed E-state index contributed by atoms with van der Waals surface area (Å²) in [5, 5.41) is 8.52. The predicted molar refractivity (Wildman–Crippen MR) is 91.2 cm³/mol. The summed E-state index contributed by atoms with van der Waals surface area (Å²) in [7, 11) is 0. The van der Waals surface area contributed by atoms with Gasteiger partial charge in [-0.1, -0.05) is 17.1 Å². The highest BCUT2D eigenvalue weighted by Crippen LogP contribution is 2.27. The molecule has 1 saturated heterocycles. The van der Waals surface area contributed by atoms with Crippen LogP contribution >= 0.6 is 0 Å². The van der Waals surface area contributed by atoms with Gasteiger partial charge in [0.1, 0.15) is 5.69 Å². The third-order valence-corrected chi connectivity index (χ3v) is 4.52. The van der Waals surface area contributed by atoms with Crippen LogP contribution in [0.25, 0.3) is 11.4 Å². The molecule has 1 atom stereocenters. The third kappa shape index (κ3) is 3.65. The molecule has 1 aliphatic heterocycles. The summed E-state index contributed by atoms with van der Waals surface area (Å²) >= 11 is 0. The Kier molecular flexibility index (Phi) is 4.31. The van der Waals surface area contributed by atoms with Crippen molar-refractivity contribution in [3.05, 3.63) is 29.6 Å². The van der Waals surface area contributed by atoms with Gasteiger partial charge in [-0.3, -0.25) is 4.98 Å². The van der Waals surface area contributed by atoms with Gasteiger partial charge in [-0.15, -0.1) is 5.10 Å². The van der Waals surface area contributed by atoms with Crippen molar-refractivity contribution >= 4 is 0 Å². The van der Waals surface area contributed by atoms with Crippen molar-refractivity contribution < 1.29 is 4.74 Å². The highest BCUT2D eigenvalue weighted by molar-refractivity contribution is 5.58. The van der Waals surface area contributed by atoms with Gasteiger partial charge in [0.2, 0.25) is 0 Å². The van der Waals surface area contributed by atoms with Crippen LogP contribution in [0.1, 0.15) is 43.2 Å². The number of hydrogen-bond donors (Lipinski definition) is 0. The summed E-state index contributed by atoms with van der Waals surface area (Å²) in [6.45, 7) is 3.67. The van der Waals surface area contributed by atoms with Crippen molar-refractivity contribution in [2.75, 3.05) is 6.61 Å². The molecular formula is C19H22N4O. The maximum absolute atomic E-state index is 5.77. The van der Waals surface area contributed by atoms with E-state index in [1.54, 1.807) is 0 Å². The van der Waals surface area contributed by atoms with E-state index < -0.39 is 0 Å². The fourth-order valence-electron chi connectivity index (χ4n) is 2.98. The fraction of sp³-hybridized carbons (Fsp3) is 0.526. The zero-order valence-corrected chi connectivity index (χ0v) is 14.0. The lowest BCUT2D eigenvalue weighted by Crippen LogP contribution is -2.24. The Balaban J connectivity index is 1.48. The lowest BCUT2D eigenvalue weighted by Gasteiger charge is -2.21. The molecule has 2 fully saturated rings. The van der Waals surface area contributed by atoms with Crippen molar-refractivity contribution in [1.29, 1.82) is 0 Å². The second kappa shape index (κ2) is 6.74. The SMILES string of the molecule is Cc1cc(C#CC2CC2)cnc1-c1cn(C[C@@H]2CCCCO2)nn1. The molecule has 1 aliphatic carbocycles. The van der Waals surface area contributed by atoms with E-state index in [2.05, 4.69) is 33.2 Å². The number of ether oxygens (including phenoxy) is 1. The summed E-state index contributed by atoms with van der Waals surface area (Å²) in [4.78, 5) is 4.56.